The molecule has 3 aromatic rings. The van der Waals surface area contributed by atoms with E-state index in [-0.39, 0.29) is 0 Å². The van der Waals surface area contributed by atoms with Crippen LogP contribution in [0.2, 0.25) is 5.15 Å². The Morgan fingerprint density at radius 1 is 1.12 bits per heavy atom. The number of halogens is 1. The number of aromatic nitrogens is 3. The average molecular weight is 339 g/mol. The van der Waals surface area contributed by atoms with E-state index >= 15 is 0 Å². The van der Waals surface area contributed by atoms with Crippen LogP contribution in [0, 0.1) is 0 Å². The Hall–Kier alpha value is -2.33. The van der Waals surface area contributed by atoms with Gasteiger partial charge in [0.2, 0.25) is 0 Å². The Bertz CT molecular complexity index is 815. The number of imidazole rings is 1. The van der Waals surface area contributed by atoms with Gasteiger partial charge in [-0.05, 0) is 30.5 Å². The zero-order valence-electron chi connectivity index (χ0n) is 13.3. The number of aromatic amines is 1. The van der Waals surface area contributed by atoms with Gasteiger partial charge in [0.1, 0.15) is 11.0 Å². The number of piperidine rings is 1. The van der Waals surface area contributed by atoms with E-state index in [0.717, 1.165) is 43.1 Å². The van der Waals surface area contributed by atoms with E-state index in [9.17, 15) is 0 Å². The molecular weight excluding hydrogens is 320 g/mol. The summed E-state index contributed by atoms with van der Waals surface area (Å²) in [6, 6.07) is 14.3. The molecule has 122 valence electrons. The summed E-state index contributed by atoms with van der Waals surface area (Å²) in [5.41, 5.74) is 3.38. The van der Waals surface area contributed by atoms with Crippen molar-refractivity contribution in [2.45, 2.75) is 18.8 Å². The zero-order chi connectivity index (χ0) is 16.4. The van der Waals surface area contributed by atoms with Gasteiger partial charge < -0.3 is 9.88 Å². The highest BCUT2D eigenvalue weighted by molar-refractivity contribution is 6.29. The molecule has 0 bridgehead atoms. The molecule has 0 radical (unpaired) electrons. The van der Waals surface area contributed by atoms with Gasteiger partial charge in [-0.2, -0.15) is 0 Å². The standard InChI is InChI=1S/C19H19ClN4/c20-18-11-16(8-9-21-18)24-10-4-7-15(13-24)19-22-12-17(23-19)14-5-2-1-3-6-14/h1-3,5-6,8-9,11-12,15H,4,7,10,13H2,(H,22,23). The number of anilines is 1. The lowest BCUT2D eigenvalue weighted by molar-refractivity contribution is 0.494. The molecule has 0 spiro atoms. The summed E-state index contributed by atoms with van der Waals surface area (Å²) in [6.45, 7) is 1.99. The van der Waals surface area contributed by atoms with Crippen LogP contribution >= 0.6 is 11.6 Å². The van der Waals surface area contributed by atoms with Crippen molar-refractivity contribution in [3.8, 4) is 11.3 Å². The van der Waals surface area contributed by atoms with E-state index in [4.69, 9.17) is 11.6 Å². The molecular formula is C19H19ClN4. The molecule has 0 aliphatic carbocycles. The maximum Gasteiger partial charge on any atom is 0.131 e. The molecule has 0 amide bonds. The highest BCUT2D eigenvalue weighted by Crippen LogP contribution is 2.30. The molecule has 1 aromatic carbocycles. The Balaban J connectivity index is 1.53. The number of hydrogen-bond acceptors (Lipinski definition) is 3. The second-order valence-corrected chi connectivity index (χ2v) is 6.56. The van der Waals surface area contributed by atoms with Crippen LogP contribution in [0.25, 0.3) is 11.3 Å². The molecule has 1 N–H and O–H groups in total. The third kappa shape index (κ3) is 3.15. The molecule has 1 fully saturated rings. The van der Waals surface area contributed by atoms with Crippen LogP contribution in [0.5, 0.6) is 0 Å². The summed E-state index contributed by atoms with van der Waals surface area (Å²) in [4.78, 5) is 14.6. The van der Waals surface area contributed by atoms with Gasteiger partial charge in [0.05, 0.1) is 11.9 Å². The predicted octanol–water partition coefficient (Wildman–Crippen LogP) is 4.51. The van der Waals surface area contributed by atoms with Crippen molar-refractivity contribution in [2.24, 2.45) is 0 Å². The van der Waals surface area contributed by atoms with E-state index in [0.29, 0.717) is 11.1 Å². The topological polar surface area (TPSA) is 44.8 Å². The summed E-state index contributed by atoms with van der Waals surface area (Å²) >= 11 is 6.03. The molecule has 4 nitrogen and oxygen atoms in total. The lowest BCUT2D eigenvalue weighted by Crippen LogP contribution is -2.34. The number of nitrogens with zero attached hydrogens (tertiary/aromatic N) is 3. The molecule has 5 heteroatoms. The van der Waals surface area contributed by atoms with Gasteiger partial charge in [-0.1, -0.05) is 41.9 Å². The Morgan fingerprint density at radius 2 is 2.00 bits per heavy atom. The van der Waals surface area contributed by atoms with E-state index < -0.39 is 0 Å². The highest BCUT2D eigenvalue weighted by Gasteiger charge is 2.24. The van der Waals surface area contributed by atoms with Crippen molar-refractivity contribution in [1.82, 2.24) is 15.0 Å². The van der Waals surface area contributed by atoms with Gasteiger partial charge >= 0.3 is 0 Å². The summed E-state index contributed by atoms with van der Waals surface area (Å²) in [5.74, 6) is 1.47. The van der Waals surface area contributed by atoms with Crippen LogP contribution in [0.4, 0.5) is 5.69 Å². The Kier molecular flexibility index (Phi) is 4.22. The number of rotatable bonds is 3. The van der Waals surface area contributed by atoms with Crippen LogP contribution < -0.4 is 4.90 Å². The maximum atomic E-state index is 6.03. The molecule has 3 heterocycles. The highest BCUT2D eigenvalue weighted by atomic mass is 35.5. The third-order valence-electron chi connectivity index (χ3n) is 4.56. The first-order valence-corrected chi connectivity index (χ1v) is 8.64. The number of benzene rings is 1. The minimum absolute atomic E-state index is 0.406. The first-order chi connectivity index (χ1) is 11.8. The lowest BCUT2D eigenvalue weighted by atomic mass is 9.97. The molecule has 1 aliphatic heterocycles. The fourth-order valence-corrected chi connectivity index (χ4v) is 3.50. The van der Waals surface area contributed by atoms with Crippen LogP contribution in [0.3, 0.4) is 0 Å². The SMILES string of the molecule is Clc1cc(N2CCCC(c3ncc(-c4ccccc4)[nH]3)C2)ccn1. The minimum atomic E-state index is 0.406. The summed E-state index contributed by atoms with van der Waals surface area (Å²) in [5, 5.41) is 0.541. The van der Waals surface area contributed by atoms with Crippen LogP contribution in [-0.4, -0.2) is 28.0 Å². The van der Waals surface area contributed by atoms with Crippen molar-refractivity contribution in [1.29, 1.82) is 0 Å². The van der Waals surface area contributed by atoms with Crippen molar-refractivity contribution >= 4 is 17.3 Å². The minimum Gasteiger partial charge on any atom is -0.371 e. The second-order valence-electron chi connectivity index (χ2n) is 6.17. The molecule has 24 heavy (non-hydrogen) atoms. The van der Waals surface area contributed by atoms with Crippen LogP contribution in [-0.2, 0) is 0 Å². The second kappa shape index (κ2) is 6.65. The summed E-state index contributed by atoms with van der Waals surface area (Å²) in [7, 11) is 0. The van der Waals surface area contributed by atoms with Gasteiger partial charge in [0.15, 0.2) is 0 Å². The quantitative estimate of drug-likeness (QED) is 0.715. The van der Waals surface area contributed by atoms with Crippen molar-refractivity contribution < 1.29 is 0 Å². The van der Waals surface area contributed by atoms with E-state index in [1.807, 2.05) is 36.5 Å². The Morgan fingerprint density at radius 3 is 2.83 bits per heavy atom. The molecule has 1 unspecified atom stereocenters. The number of nitrogens with one attached hydrogen (secondary N) is 1. The molecule has 2 aromatic heterocycles. The third-order valence-corrected chi connectivity index (χ3v) is 4.77. The average Bonchev–Trinajstić information content (AvgIpc) is 3.13. The first-order valence-electron chi connectivity index (χ1n) is 8.26. The van der Waals surface area contributed by atoms with E-state index in [1.165, 1.54) is 5.56 Å². The summed E-state index contributed by atoms with van der Waals surface area (Å²) in [6.07, 6.45) is 6.00. The number of H-pyrrole nitrogens is 1. The number of hydrogen-bond donors (Lipinski definition) is 1. The van der Waals surface area contributed by atoms with Gasteiger partial charge in [-0.15, -0.1) is 0 Å². The largest absolute Gasteiger partial charge is 0.371 e. The van der Waals surface area contributed by atoms with Crippen LogP contribution in [0.15, 0.2) is 54.9 Å². The zero-order valence-corrected chi connectivity index (χ0v) is 14.1. The lowest BCUT2D eigenvalue weighted by Gasteiger charge is -2.33. The van der Waals surface area contributed by atoms with Crippen molar-refractivity contribution in [2.75, 3.05) is 18.0 Å². The molecule has 1 saturated heterocycles. The molecule has 0 saturated carbocycles. The first kappa shape index (κ1) is 15.2. The normalized spacial score (nSPS) is 17.9. The molecule has 1 atom stereocenters. The van der Waals surface area contributed by atoms with Gasteiger partial charge in [0.25, 0.3) is 0 Å². The predicted molar refractivity (Wildman–Crippen MR) is 97.5 cm³/mol. The van der Waals surface area contributed by atoms with Gasteiger partial charge in [-0.25, -0.2) is 9.97 Å². The van der Waals surface area contributed by atoms with Crippen molar-refractivity contribution in [3.05, 3.63) is 65.8 Å². The van der Waals surface area contributed by atoms with Gasteiger partial charge in [-0.3, -0.25) is 0 Å². The Labute approximate surface area is 146 Å². The smallest absolute Gasteiger partial charge is 0.131 e. The monoisotopic (exact) mass is 338 g/mol. The van der Waals surface area contributed by atoms with Crippen LogP contribution in [0.1, 0.15) is 24.6 Å². The van der Waals surface area contributed by atoms with E-state index in [1.54, 1.807) is 6.20 Å². The van der Waals surface area contributed by atoms with E-state index in [2.05, 4.69) is 32.0 Å². The molecule has 1 aliphatic rings. The fourth-order valence-electron chi connectivity index (χ4n) is 3.33. The fraction of sp³-hybridized carbons (Fsp3) is 0.263. The van der Waals surface area contributed by atoms with Gasteiger partial charge in [0, 0.05) is 30.9 Å². The summed E-state index contributed by atoms with van der Waals surface area (Å²) < 4.78 is 0. The van der Waals surface area contributed by atoms with Crippen molar-refractivity contribution in [3.63, 3.8) is 0 Å². The number of pyridine rings is 1. The maximum absolute atomic E-state index is 6.03. The molecule has 4 rings (SSSR count).